The largest absolute Gasteiger partial charge is 0.449 e. The van der Waals surface area contributed by atoms with Crippen LogP contribution in [0.5, 0.6) is 0 Å². The summed E-state index contributed by atoms with van der Waals surface area (Å²) in [4.78, 5) is 41.0. The van der Waals surface area contributed by atoms with Gasteiger partial charge in [0.05, 0.1) is 21.5 Å². The third-order valence-electron chi connectivity index (χ3n) is 4.86. The number of sulfonamides is 1. The molecule has 1 heterocycles. The van der Waals surface area contributed by atoms with Gasteiger partial charge in [-0.15, -0.1) is 0 Å². The van der Waals surface area contributed by atoms with Crippen LogP contribution in [0.1, 0.15) is 17.3 Å². The summed E-state index contributed by atoms with van der Waals surface area (Å²) < 4.78 is 33.0. The van der Waals surface area contributed by atoms with Gasteiger partial charge in [0, 0.05) is 11.4 Å². The Morgan fingerprint density at radius 1 is 0.882 bits per heavy atom. The molecule has 0 aliphatic heterocycles. The number of rotatable bonds is 7. The van der Waals surface area contributed by atoms with Gasteiger partial charge in [0.25, 0.3) is 15.9 Å². The molecule has 34 heavy (non-hydrogen) atoms. The molecular formula is C23H20N4O6S. The van der Waals surface area contributed by atoms with Gasteiger partial charge in [-0.05, 0) is 61.5 Å². The first-order valence-electron chi connectivity index (χ1n) is 10.1. The van der Waals surface area contributed by atoms with Crippen LogP contribution in [-0.2, 0) is 19.6 Å². The number of hydrogen-bond donors (Lipinski definition) is 4. The minimum Gasteiger partial charge on any atom is -0.449 e. The maximum absolute atomic E-state index is 12.7. The molecule has 174 valence electrons. The molecule has 0 fully saturated rings. The highest BCUT2D eigenvalue weighted by Crippen LogP contribution is 2.20. The fourth-order valence-corrected chi connectivity index (χ4v) is 4.20. The summed E-state index contributed by atoms with van der Waals surface area (Å²) in [5, 5.41) is 2.65. The topological polar surface area (TPSA) is 150 Å². The quantitative estimate of drug-likeness (QED) is 0.299. The normalized spacial score (nSPS) is 12.1. The first kappa shape index (κ1) is 22.8. The van der Waals surface area contributed by atoms with Gasteiger partial charge in [-0.1, -0.05) is 18.2 Å². The number of anilines is 2. The molecule has 0 spiro atoms. The van der Waals surface area contributed by atoms with Crippen LogP contribution >= 0.6 is 0 Å². The first-order valence-corrected chi connectivity index (χ1v) is 11.6. The molecule has 0 bridgehead atoms. The molecule has 0 aliphatic rings. The maximum Gasteiger partial charge on any atom is 0.338 e. The summed E-state index contributed by atoms with van der Waals surface area (Å²) in [5.41, 5.74) is 1.35. The molecule has 4 rings (SSSR count). The van der Waals surface area contributed by atoms with Crippen LogP contribution in [0.2, 0.25) is 0 Å². The number of fused-ring (bicyclic) bond motifs is 1. The second-order valence-corrected chi connectivity index (χ2v) is 9.05. The number of imidazole rings is 1. The van der Waals surface area contributed by atoms with Gasteiger partial charge in [-0.2, -0.15) is 0 Å². The zero-order valence-electron chi connectivity index (χ0n) is 17.9. The summed E-state index contributed by atoms with van der Waals surface area (Å²) in [5.74, 6) is -1.21. The highest BCUT2D eigenvalue weighted by molar-refractivity contribution is 7.92. The van der Waals surface area contributed by atoms with Crippen LogP contribution < -0.4 is 15.7 Å². The van der Waals surface area contributed by atoms with Gasteiger partial charge in [-0.3, -0.25) is 9.52 Å². The van der Waals surface area contributed by atoms with Crippen LogP contribution in [-0.4, -0.2) is 36.4 Å². The fourth-order valence-electron chi connectivity index (χ4n) is 3.11. The molecule has 1 unspecified atom stereocenters. The predicted octanol–water partition coefficient (Wildman–Crippen LogP) is 2.84. The van der Waals surface area contributed by atoms with Gasteiger partial charge in [0.1, 0.15) is 0 Å². The lowest BCUT2D eigenvalue weighted by Crippen LogP contribution is -2.30. The van der Waals surface area contributed by atoms with Crippen molar-refractivity contribution < 1.29 is 22.7 Å². The zero-order valence-corrected chi connectivity index (χ0v) is 18.7. The highest BCUT2D eigenvalue weighted by Gasteiger charge is 2.20. The zero-order chi connectivity index (χ0) is 24.3. The molecule has 3 aromatic carbocycles. The van der Waals surface area contributed by atoms with Crippen LogP contribution in [0, 0.1) is 0 Å². The van der Waals surface area contributed by atoms with E-state index < -0.39 is 33.7 Å². The van der Waals surface area contributed by atoms with E-state index in [0.29, 0.717) is 16.7 Å². The van der Waals surface area contributed by atoms with E-state index in [1.807, 2.05) is 6.07 Å². The van der Waals surface area contributed by atoms with Crippen molar-refractivity contribution in [3.05, 3.63) is 88.8 Å². The molecule has 0 aliphatic carbocycles. The second kappa shape index (κ2) is 9.24. The maximum atomic E-state index is 12.7. The Bertz CT molecular complexity index is 1510. The van der Waals surface area contributed by atoms with Gasteiger partial charge in [-0.25, -0.2) is 18.0 Å². The number of aromatic nitrogens is 2. The van der Waals surface area contributed by atoms with E-state index in [4.69, 9.17) is 4.74 Å². The van der Waals surface area contributed by atoms with Crippen molar-refractivity contribution in [3.63, 3.8) is 0 Å². The SMILES string of the molecule is CC(OC(=O)c1ccc(NS(=O)(=O)c2ccc3[nH]c(=O)[nH]c3c2)cc1)C(=O)Nc1ccccc1. The van der Waals surface area contributed by atoms with Gasteiger partial charge in [0.15, 0.2) is 6.10 Å². The molecule has 11 heteroatoms. The monoisotopic (exact) mass is 480 g/mol. The Balaban J connectivity index is 1.40. The van der Waals surface area contributed by atoms with Crippen LogP contribution in [0.25, 0.3) is 11.0 Å². The van der Waals surface area contributed by atoms with E-state index >= 15 is 0 Å². The fraction of sp³-hybridized carbons (Fsp3) is 0.0870. The first-order chi connectivity index (χ1) is 16.2. The molecule has 1 aromatic heterocycles. The van der Waals surface area contributed by atoms with Crippen molar-refractivity contribution in [2.75, 3.05) is 10.0 Å². The molecule has 1 atom stereocenters. The van der Waals surface area contributed by atoms with E-state index in [1.54, 1.807) is 24.3 Å². The Morgan fingerprint density at radius 2 is 1.56 bits per heavy atom. The number of carbonyl (C=O) groups is 2. The molecule has 4 aromatic rings. The predicted molar refractivity (Wildman–Crippen MR) is 126 cm³/mol. The van der Waals surface area contributed by atoms with Gasteiger partial charge < -0.3 is 20.0 Å². The van der Waals surface area contributed by atoms with E-state index in [1.165, 1.54) is 49.4 Å². The van der Waals surface area contributed by atoms with Crippen LogP contribution in [0.3, 0.4) is 0 Å². The number of para-hydroxylation sites is 1. The van der Waals surface area contributed by atoms with E-state index in [2.05, 4.69) is 20.0 Å². The lowest BCUT2D eigenvalue weighted by atomic mass is 10.2. The Kier molecular flexibility index (Phi) is 6.19. The minimum absolute atomic E-state index is 0.0445. The van der Waals surface area contributed by atoms with Crippen molar-refractivity contribution in [2.45, 2.75) is 17.9 Å². The van der Waals surface area contributed by atoms with Crippen molar-refractivity contribution in [1.82, 2.24) is 9.97 Å². The number of ether oxygens (including phenoxy) is 1. The van der Waals surface area contributed by atoms with Crippen LogP contribution in [0.15, 0.2) is 82.5 Å². The molecule has 0 saturated heterocycles. The Morgan fingerprint density at radius 3 is 2.26 bits per heavy atom. The van der Waals surface area contributed by atoms with E-state index in [-0.39, 0.29) is 16.1 Å². The number of esters is 1. The van der Waals surface area contributed by atoms with Gasteiger partial charge in [0.2, 0.25) is 0 Å². The number of H-pyrrole nitrogens is 2. The Labute approximate surface area is 194 Å². The number of carbonyl (C=O) groups excluding carboxylic acids is 2. The highest BCUT2D eigenvalue weighted by atomic mass is 32.2. The number of nitrogens with one attached hydrogen (secondary N) is 4. The molecular weight excluding hydrogens is 460 g/mol. The summed E-state index contributed by atoms with van der Waals surface area (Å²) >= 11 is 0. The molecule has 0 saturated carbocycles. The minimum atomic E-state index is -3.94. The number of amides is 1. The van der Waals surface area contributed by atoms with E-state index in [0.717, 1.165) is 0 Å². The smallest absolute Gasteiger partial charge is 0.338 e. The lowest BCUT2D eigenvalue weighted by Gasteiger charge is -2.14. The lowest BCUT2D eigenvalue weighted by molar-refractivity contribution is -0.123. The number of benzene rings is 3. The summed E-state index contributed by atoms with van der Waals surface area (Å²) in [6.45, 7) is 1.45. The summed E-state index contributed by atoms with van der Waals surface area (Å²) in [7, 11) is -3.94. The molecule has 0 radical (unpaired) electrons. The molecule has 10 nitrogen and oxygen atoms in total. The third-order valence-corrected chi connectivity index (χ3v) is 6.24. The second-order valence-electron chi connectivity index (χ2n) is 7.37. The van der Waals surface area contributed by atoms with Crippen molar-refractivity contribution in [2.24, 2.45) is 0 Å². The molecule has 4 N–H and O–H groups in total. The third kappa shape index (κ3) is 5.15. The number of hydrogen-bond acceptors (Lipinski definition) is 6. The van der Waals surface area contributed by atoms with Crippen molar-refractivity contribution >= 4 is 44.3 Å². The standard InChI is InChI=1S/C23H20N4O6S/c1-14(21(28)24-16-5-3-2-4-6-16)33-22(29)15-7-9-17(10-8-15)27-34(31,32)18-11-12-19-20(13-18)26-23(30)25-19/h2-14,27H,1H3,(H,24,28)(H2,25,26,30). The van der Waals surface area contributed by atoms with Gasteiger partial charge >= 0.3 is 11.7 Å². The van der Waals surface area contributed by atoms with E-state index in [9.17, 15) is 22.8 Å². The van der Waals surface area contributed by atoms with Crippen LogP contribution in [0.4, 0.5) is 11.4 Å². The van der Waals surface area contributed by atoms with Crippen molar-refractivity contribution in [1.29, 1.82) is 0 Å². The number of aromatic amines is 2. The summed E-state index contributed by atoms with van der Waals surface area (Å²) in [6, 6.07) is 18.5. The summed E-state index contributed by atoms with van der Waals surface area (Å²) in [6.07, 6.45) is -1.04. The molecule has 1 amide bonds. The van der Waals surface area contributed by atoms with Crippen molar-refractivity contribution in [3.8, 4) is 0 Å². The average Bonchev–Trinajstić information content (AvgIpc) is 3.19. The average molecular weight is 481 g/mol. The Hall–Kier alpha value is -4.38.